The number of aliphatic hydroxyl groups excluding tert-OH is 1. The van der Waals surface area contributed by atoms with E-state index in [9.17, 15) is 5.11 Å². The van der Waals surface area contributed by atoms with Crippen molar-refractivity contribution in [1.82, 2.24) is 4.90 Å². The summed E-state index contributed by atoms with van der Waals surface area (Å²) in [5.41, 5.74) is 0. The molecular weight excluding hydrogens is 226 g/mol. The molecule has 1 N–H and O–H groups in total. The van der Waals surface area contributed by atoms with Crippen molar-refractivity contribution >= 4 is 23.5 Å². The molecule has 2 nitrogen and oxygen atoms in total. The summed E-state index contributed by atoms with van der Waals surface area (Å²) >= 11 is 4.47. The molecule has 0 amide bonds. The van der Waals surface area contributed by atoms with E-state index in [2.05, 4.69) is 28.4 Å². The van der Waals surface area contributed by atoms with E-state index in [1.807, 2.05) is 0 Å². The zero-order chi connectivity index (χ0) is 10.0. The van der Waals surface area contributed by atoms with Crippen molar-refractivity contribution in [3.63, 3.8) is 0 Å². The summed E-state index contributed by atoms with van der Waals surface area (Å²) in [5.74, 6) is 5.01. The van der Waals surface area contributed by atoms with Gasteiger partial charge in [0.1, 0.15) is 6.23 Å². The number of piperidine rings is 3. The Balaban J connectivity index is 1.71. The maximum Gasteiger partial charge on any atom is 0.110 e. The third-order valence-corrected chi connectivity index (χ3v) is 8.77. The first-order valence-electron chi connectivity index (χ1n) is 5.99. The molecule has 0 aromatic rings. The lowest BCUT2D eigenvalue weighted by Crippen LogP contribution is -2.67. The molecular formula is C11H17NOS2. The van der Waals surface area contributed by atoms with E-state index in [0.717, 1.165) is 24.9 Å². The number of thioether (sulfide) groups is 2. The van der Waals surface area contributed by atoms with Crippen LogP contribution in [0.4, 0.5) is 0 Å². The fraction of sp³-hybridized carbons (Fsp3) is 1.00. The summed E-state index contributed by atoms with van der Waals surface area (Å²) in [6.45, 7) is 2.32. The largest absolute Gasteiger partial charge is 0.378 e. The topological polar surface area (TPSA) is 23.5 Å². The second-order valence-corrected chi connectivity index (χ2v) is 8.41. The van der Waals surface area contributed by atoms with Gasteiger partial charge in [0, 0.05) is 24.6 Å². The maximum atomic E-state index is 10.1. The highest BCUT2D eigenvalue weighted by Gasteiger charge is 2.61. The van der Waals surface area contributed by atoms with Gasteiger partial charge in [-0.1, -0.05) is 0 Å². The monoisotopic (exact) mass is 243 g/mol. The summed E-state index contributed by atoms with van der Waals surface area (Å²) in [6, 6.07) is 0. The number of aliphatic hydroxyl groups is 1. The highest BCUT2D eigenvalue weighted by molar-refractivity contribution is 8.21. The van der Waals surface area contributed by atoms with E-state index in [4.69, 9.17) is 0 Å². The van der Waals surface area contributed by atoms with E-state index >= 15 is 0 Å². The molecule has 4 bridgehead atoms. The number of rotatable bonds is 0. The average molecular weight is 243 g/mol. The molecule has 0 unspecified atom stereocenters. The first kappa shape index (κ1) is 9.63. The van der Waals surface area contributed by atoms with Crippen LogP contribution in [0.3, 0.4) is 0 Å². The lowest BCUT2D eigenvalue weighted by molar-refractivity contribution is -0.156. The van der Waals surface area contributed by atoms with Crippen LogP contribution in [0, 0.1) is 17.8 Å². The molecule has 5 rings (SSSR count). The van der Waals surface area contributed by atoms with Gasteiger partial charge in [0.2, 0.25) is 0 Å². The molecule has 4 aliphatic heterocycles. The SMILES string of the molecule is O[C@@H]1C2C[C@@H]3CN1C[C@@H](C2)C31SCCS1. The molecule has 84 valence electrons. The third-order valence-electron chi connectivity index (χ3n) is 4.76. The van der Waals surface area contributed by atoms with Gasteiger partial charge in [0.15, 0.2) is 0 Å². The maximum absolute atomic E-state index is 10.1. The first-order valence-corrected chi connectivity index (χ1v) is 7.97. The van der Waals surface area contributed by atoms with Crippen LogP contribution in [0.25, 0.3) is 0 Å². The highest BCUT2D eigenvalue weighted by atomic mass is 32.2. The molecule has 1 aliphatic carbocycles. The standard InChI is InChI=1S/C11H17NOS2/c13-10-7-3-8-5-12(10)6-9(4-7)11(8)14-1-2-15-11/h7-10,13H,1-6H2/t8-,9-,10-/m1/s1. The summed E-state index contributed by atoms with van der Waals surface area (Å²) in [6.07, 6.45) is 2.47. The number of hydrogen-bond donors (Lipinski definition) is 1. The third kappa shape index (κ3) is 1.12. The van der Waals surface area contributed by atoms with Gasteiger partial charge < -0.3 is 5.11 Å². The molecule has 3 atom stereocenters. The van der Waals surface area contributed by atoms with E-state index < -0.39 is 0 Å². The Kier molecular flexibility index (Phi) is 1.98. The molecule has 5 aliphatic rings. The van der Waals surface area contributed by atoms with E-state index in [1.165, 1.54) is 24.3 Å². The Morgan fingerprint density at radius 1 is 1.07 bits per heavy atom. The Labute approximate surface area is 99.2 Å². The van der Waals surface area contributed by atoms with Crippen LogP contribution in [0.5, 0.6) is 0 Å². The molecule has 0 aromatic heterocycles. The van der Waals surface area contributed by atoms with Gasteiger partial charge in [0.05, 0.1) is 4.08 Å². The Morgan fingerprint density at radius 3 is 2.20 bits per heavy atom. The van der Waals surface area contributed by atoms with Crippen LogP contribution in [0.2, 0.25) is 0 Å². The minimum atomic E-state index is -0.105. The van der Waals surface area contributed by atoms with Gasteiger partial charge in [-0.05, 0) is 30.6 Å². The molecule has 4 saturated heterocycles. The van der Waals surface area contributed by atoms with Crippen LogP contribution in [-0.4, -0.2) is 44.9 Å². The zero-order valence-electron chi connectivity index (χ0n) is 8.76. The molecule has 5 fully saturated rings. The molecule has 0 radical (unpaired) electrons. The average Bonchev–Trinajstić information content (AvgIpc) is 2.66. The van der Waals surface area contributed by atoms with Gasteiger partial charge in [-0.15, -0.1) is 23.5 Å². The van der Waals surface area contributed by atoms with Gasteiger partial charge in [0.25, 0.3) is 0 Å². The Hall–Kier alpha value is 0.620. The predicted molar refractivity (Wildman–Crippen MR) is 64.9 cm³/mol. The Bertz CT molecular complexity index is 258. The summed E-state index contributed by atoms with van der Waals surface area (Å²) in [5, 5.41) is 10.1. The van der Waals surface area contributed by atoms with Crippen molar-refractivity contribution in [1.29, 1.82) is 0 Å². The summed E-state index contributed by atoms with van der Waals surface area (Å²) in [7, 11) is 0. The van der Waals surface area contributed by atoms with Gasteiger partial charge in [-0.2, -0.15) is 0 Å². The smallest absolute Gasteiger partial charge is 0.110 e. The highest BCUT2D eigenvalue weighted by Crippen LogP contribution is 2.64. The molecule has 0 aromatic carbocycles. The van der Waals surface area contributed by atoms with Crippen molar-refractivity contribution in [3.05, 3.63) is 0 Å². The number of nitrogens with zero attached hydrogens (tertiary/aromatic N) is 1. The van der Waals surface area contributed by atoms with E-state index in [0.29, 0.717) is 10.00 Å². The zero-order valence-corrected chi connectivity index (χ0v) is 10.4. The lowest BCUT2D eigenvalue weighted by Gasteiger charge is -2.62. The summed E-state index contributed by atoms with van der Waals surface area (Å²) < 4.78 is 0.563. The van der Waals surface area contributed by atoms with E-state index in [-0.39, 0.29) is 6.23 Å². The molecule has 15 heavy (non-hydrogen) atoms. The minimum absolute atomic E-state index is 0.105. The van der Waals surface area contributed by atoms with Crippen molar-refractivity contribution in [2.75, 3.05) is 24.6 Å². The molecule has 1 spiro atoms. The normalized spacial score (nSPS) is 55.4. The first-order chi connectivity index (χ1) is 7.29. The second-order valence-electron chi connectivity index (χ2n) is 5.41. The Morgan fingerprint density at radius 2 is 1.67 bits per heavy atom. The second kappa shape index (κ2) is 3.09. The molecule has 1 saturated carbocycles. The lowest BCUT2D eigenvalue weighted by atomic mass is 9.66. The predicted octanol–water partition coefficient (Wildman–Crippen LogP) is 1.45. The van der Waals surface area contributed by atoms with Gasteiger partial charge in [-0.3, -0.25) is 4.90 Å². The van der Waals surface area contributed by atoms with Crippen LogP contribution in [0.1, 0.15) is 12.8 Å². The van der Waals surface area contributed by atoms with Crippen LogP contribution < -0.4 is 0 Å². The number of hydrogen-bond acceptors (Lipinski definition) is 4. The van der Waals surface area contributed by atoms with Gasteiger partial charge in [-0.25, -0.2) is 0 Å². The molecule has 4 heteroatoms. The van der Waals surface area contributed by atoms with Crippen LogP contribution >= 0.6 is 23.5 Å². The fourth-order valence-corrected chi connectivity index (χ4v) is 7.97. The quantitative estimate of drug-likeness (QED) is 0.696. The minimum Gasteiger partial charge on any atom is -0.378 e. The molecule has 4 heterocycles. The van der Waals surface area contributed by atoms with Crippen molar-refractivity contribution < 1.29 is 5.11 Å². The van der Waals surface area contributed by atoms with E-state index in [1.54, 1.807) is 0 Å². The van der Waals surface area contributed by atoms with Crippen molar-refractivity contribution in [2.45, 2.75) is 23.1 Å². The summed E-state index contributed by atoms with van der Waals surface area (Å²) in [4.78, 5) is 2.34. The van der Waals surface area contributed by atoms with Crippen LogP contribution in [-0.2, 0) is 0 Å². The van der Waals surface area contributed by atoms with Crippen molar-refractivity contribution in [3.8, 4) is 0 Å². The van der Waals surface area contributed by atoms with Crippen molar-refractivity contribution in [2.24, 2.45) is 17.8 Å². The van der Waals surface area contributed by atoms with Gasteiger partial charge >= 0.3 is 0 Å². The fourth-order valence-electron chi connectivity index (χ4n) is 4.21. The van der Waals surface area contributed by atoms with Crippen LogP contribution in [0.15, 0.2) is 0 Å².